The van der Waals surface area contributed by atoms with Crippen LogP contribution in [-0.2, 0) is 13.0 Å². The molecule has 2 N–H and O–H groups in total. The van der Waals surface area contributed by atoms with Crippen molar-refractivity contribution in [2.75, 3.05) is 0 Å². The summed E-state index contributed by atoms with van der Waals surface area (Å²) in [6, 6.07) is 12.2. The lowest BCUT2D eigenvalue weighted by Gasteiger charge is -2.01. The van der Waals surface area contributed by atoms with Crippen LogP contribution >= 0.6 is 0 Å². The molecule has 0 saturated heterocycles. The highest BCUT2D eigenvalue weighted by Crippen LogP contribution is 2.13. The first-order valence-corrected chi connectivity index (χ1v) is 6.35. The Hall–Kier alpha value is -2.20. The normalized spacial score (nSPS) is 11.1. The Balaban J connectivity index is 2.00. The van der Waals surface area contributed by atoms with E-state index < -0.39 is 0 Å². The summed E-state index contributed by atoms with van der Waals surface area (Å²) in [5, 5.41) is 4.51. The van der Waals surface area contributed by atoms with Gasteiger partial charge in [0.15, 0.2) is 11.5 Å². The first-order chi connectivity index (χ1) is 9.28. The second-order valence-corrected chi connectivity index (χ2v) is 4.64. The van der Waals surface area contributed by atoms with Crippen LogP contribution in [0.1, 0.15) is 22.5 Å². The Morgan fingerprint density at radius 2 is 1.89 bits per heavy atom. The highest BCUT2D eigenvalue weighted by atomic mass is 15.3. The number of pyridine rings is 1. The predicted octanol–water partition coefficient (Wildman–Crippen LogP) is 2.09. The van der Waals surface area contributed by atoms with Gasteiger partial charge in [0.25, 0.3) is 0 Å². The number of aromatic nitrogens is 3. The molecule has 0 aliphatic carbocycles. The van der Waals surface area contributed by atoms with Crippen LogP contribution in [-0.4, -0.2) is 14.6 Å². The van der Waals surface area contributed by atoms with Gasteiger partial charge in [0.1, 0.15) is 0 Å². The summed E-state index contributed by atoms with van der Waals surface area (Å²) in [7, 11) is 0. The molecule has 0 bridgehead atoms. The van der Waals surface area contributed by atoms with E-state index in [2.05, 4.69) is 29.1 Å². The molecule has 0 unspecified atom stereocenters. The Morgan fingerprint density at radius 1 is 1.11 bits per heavy atom. The molecular weight excluding hydrogens is 236 g/mol. The van der Waals surface area contributed by atoms with E-state index in [1.807, 2.05) is 30.5 Å². The van der Waals surface area contributed by atoms with E-state index in [1.165, 1.54) is 11.1 Å². The zero-order valence-electron chi connectivity index (χ0n) is 10.9. The molecule has 96 valence electrons. The van der Waals surface area contributed by atoms with Gasteiger partial charge in [-0.3, -0.25) is 0 Å². The fraction of sp³-hybridized carbons (Fsp3) is 0.200. The number of benzene rings is 1. The molecule has 0 fully saturated rings. The fourth-order valence-corrected chi connectivity index (χ4v) is 2.22. The van der Waals surface area contributed by atoms with E-state index >= 15 is 0 Å². The molecule has 0 spiro atoms. The van der Waals surface area contributed by atoms with Crippen molar-refractivity contribution in [2.45, 2.75) is 19.9 Å². The van der Waals surface area contributed by atoms with E-state index in [0.29, 0.717) is 6.54 Å². The minimum atomic E-state index is 0.479. The lowest BCUT2D eigenvalue weighted by molar-refractivity contribution is 0.892. The zero-order chi connectivity index (χ0) is 13.2. The molecule has 0 aliphatic heterocycles. The highest BCUT2D eigenvalue weighted by molar-refractivity contribution is 5.47. The summed E-state index contributed by atoms with van der Waals surface area (Å²) < 4.78 is 1.80. The van der Waals surface area contributed by atoms with Gasteiger partial charge in [-0.2, -0.15) is 5.10 Å². The lowest BCUT2D eigenvalue weighted by Crippen LogP contribution is -1.99. The molecule has 0 amide bonds. The van der Waals surface area contributed by atoms with Crippen LogP contribution < -0.4 is 5.73 Å². The maximum atomic E-state index is 5.72. The standard InChI is InChI=1S/C15H16N4/c1-11-5-2-3-6-12(11)9-14-17-15-13(10-16)7-4-8-19(15)18-14/h2-8H,9-10,16H2,1H3. The van der Waals surface area contributed by atoms with Gasteiger partial charge in [-0.05, 0) is 24.1 Å². The van der Waals surface area contributed by atoms with Crippen molar-refractivity contribution in [2.24, 2.45) is 5.73 Å². The molecule has 3 aromatic rings. The zero-order valence-corrected chi connectivity index (χ0v) is 10.9. The van der Waals surface area contributed by atoms with Crippen molar-refractivity contribution in [3.8, 4) is 0 Å². The second-order valence-electron chi connectivity index (χ2n) is 4.64. The van der Waals surface area contributed by atoms with Gasteiger partial charge >= 0.3 is 0 Å². The molecule has 1 aromatic carbocycles. The van der Waals surface area contributed by atoms with Gasteiger partial charge in [-0.25, -0.2) is 9.50 Å². The maximum absolute atomic E-state index is 5.72. The first kappa shape index (κ1) is 11.9. The van der Waals surface area contributed by atoms with Crippen LogP contribution in [0.3, 0.4) is 0 Å². The van der Waals surface area contributed by atoms with Crippen LogP contribution in [0.25, 0.3) is 5.65 Å². The third-order valence-electron chi connectivity index (χ3n) is 3.32. The Morgan fingerprint density at radius 3 is 2.68 bits per heavy atom. The first-order valence-electron chi connectivity index (χ1n) is 6.35. The Labute approximate surface area is 111 Å². The summed E-state index contributed by atoms with van der Waals surface area (Å²) in [6.07, 6.45) is 2.65. The van der Waals surface area contributed by atoms with Gasteiger partial charge in [0, 0.05) is 24.7 Å². The summed E-state index contributed by atoms with van der Waals surface area (Å²) in [5.74, 6) is 0.829. The number of hydrogen-bond acceptors (Lipinski definition) is 3. The summed E-state index contributed by atoms with van der Waals surface area (Å²) in [5.41, 5.74) is 10.1. The van der Waals surface area contributed by atoms with Gasteiger partial charge < -0.3 is 5.73 Å². The maximum Gasteiger partial charge on any atom is 0.160 e. The van der Waals surface area contributed by atoms with E-state index in [-0.39, 0.29) is 0 Å². The fourth-order valence-electron chi connectivity index (χ4n) is 2.22. The minimum absolute atomic E-state index is 0.479. The van der Waals surface area contributed by atoms with Crippen molar-refractivity contribution >= 4 is 5.65 Å². The molecular formula is C15H16N4. The third-order valence-corrected chi connectivity index (χ3v) is 3.32. The monoisotopic (exact) mass is 252 g/mol. The largest absolute Gasteiger partial charge is 0.326 e. The van der Waals surface area contributed by atoms with Crippen LogP contribution in [0, 0.1) is 6.92 Å². The van der Waals surface area contributed by atoms with Gasteiger partial charge in [-0.1, -0.05) is 30.3 Å². The summed E-state index contributed by atoms with van der Waals surface area (Å²) in [6.45, 7) is 2.59. The van der Waals surface area contributed by atoms with Gasteiger partial charge in [0.2, 0.25) is 0 Å². The van der Waals surface area contributed by atoms with Crippen molar-refractivity contribution in [1.29, 1.82) is 0 Å². The highest BCUT2D eigenvalue weighted by Gasteiger charge is 2.08. The van der Waals surface area contributed by atoms with Crippen LogP contribution in [0.4, 0.5) is 0 Å². The molecule has 0 atom stereocenters. The minimum Gasteiger partial charge on any atom is -0.326 e. The lowest BCUT2D eigenvalue weighted by atomic mass is 10.1. The van der Waals surface area contributed by atoms with Crippen molar-refractivity contribution in [3.05, 3.63) is 65.1 Å². The van der Waals surface area contributed by atoms with Crippen LogP contribution in [0.15, 0.2) is 42.6 Å². The van der Waals surface area contributed by atoms with E-state index in [4.69, 9.17) is 5.73 Å². The molecule has 3 rings (SSSR count). The topological polar surface area (TPSA) is 56.2 Å². The number of aryl methyl sites for hydroxylation is 1. The number of nitrogens with zero attached hydrogens (tertiary/aromatic N) is 3. The van der Waals surface area contributed by atoms with Crippen molar-refractivity contribution < 1.29 is 0 Å². The SMILES string of the molecule is Cc1ccccc1Cc1nc2c(CN)cccn2n1. The molecule has 4 heteroatoms. The Bertz CT molecular complexity index is 715. The molecule has 0 aliphatic rings. The van der Waals surface area contributed by atoms with Crippen LogP contribution in [0.2, 0.25) is 0 Å². The summed E-state index contributed by atoms with van der Waals surface area (Å²) in [4.78, 5) is 4.59. The number of fused-ring (bicyclic) bond motifs is 1. The van der Waals surface area contributed by atoms with Crippen molar-refractivity contribution in [3.63, 3.8) is 0 Å². The predicted molar refractivity (Wildman–Crippen MR) is 74.9 cm³/mol. The molecule has 0 saturated carbocycles. The van der Waals surface area contributed by atoms with Gasteiger partial charge in [-0.15, -0.1) is 0 Å². The number of rotatable bonds is 3. The molecule has 4 nitrogen and oxygen atoms in total. The third kappa shape index (κ3) is 2.22. The summed E-state index contributed by atoms with van der Waals surface area (Å²) >= 11 is 0. The number of hydrogen-bond donors (Lipinski definition) is 1. The number of nitrogens with two attached hydrogens (primary N) is 1. The molecule has 2 aromatic heterocycles. The van der Waals surface area contributed by atoms with E-state index in [1.54, 1.807) is 4.52 Å². The molecule has 2 heterocycles. The average molecular weight is 252 g/mol. The smallest absolute Gasteiger partial charge is 0.160 e. The Kier molecular flexibility index (Phi) is 3.01. The second kappa shape index (κ2) is 4.82. The average Bonchev–Trinajstić information content (AvgIpc) is 2.83. The molecule has 0 radical (unpaired) electrons. The van der Waals surface area contributed by atoms with Gasteiger partial charge in [0.05, 0.1) is 0 Å². The molecule has 19 heavy (non-hydrogen) atoms. The van der Waals surface area contributed by atoms with Crippen LogP contribution in [0.5, 0.6) is 0 Å². The quantitative estimate of drug-likeness (QED) is 0.776. The van der Waals surface area contributed by atoms with E-state index in [9.17, 15) is 0 Å². The van der Waals surface area contributed by atoms with Crippen molar-refractivity contribution in [1.82, 2.24) is 14.6 Å². The van der Waals surface area contributed by atoms with E-state index in [0.717, 1.165) is 23.5 Å².